The number of anilines is 1. The van der Waals surface area contributed by atoms with Gasteiger partial charge in [-0.1, -0.05) is 36.4 Å². The first kappa shape index (κ1) is 18.6. The van der Waals surface area contributed by atoms with E-state index < -0.39 is 12.1 Å². The summed E-state index contributed by atoms with van der Waals surface area (Å²) in [5.74, 6) is -0.906. The molecule has 1 N–H and O–H groups in total. The van der Waals surface area contributed by atoms with Crippen molar-refractivity contribution in [2.75, 3.05) is 5.32 Å². The molecular formula is C22H22N2O3. The fourth-order valence-corrected chi connectivity index (χ4v) is 2.99. The average molecular weight is 362 g/mol. The number of esters is 1. The van der Waals surface area contributed by atoms with Crippen LogP contribution in [0.5, 0.6) is 0 Å². The van der Waals surface area contributed by atoms with Crippen molar-refractivity contribution >= 4 is 28.5 Å². The Morgan fingerprint density at radius 2 is 1.67 bits per heavy atom. The molecule has 0 fully saturated rings. The molecule has 0 spiro atoms. The van der Waals surface area contributed by atoms with Gasteiger partial charge in [0.05, 0.1) is 11.1 Å². The van der Waals surface area contributed by atoms with Crippen LogP contribution >= 0.6 is 0 Å². The number of carbonyl (C=O) groups is 2. The quantitative estimate of drug-likeness (QED) is 0.701. The van der Waals surface area contributed by atoms with Gasteiger partial charge in [-0.25, -0.2) is 4.79 Å². The van der Waals surface area contributed by atoms with E-state index in [0.717, 1.165) is 22.3 Å². The van der Waals surface area contributed by atoms with Crippen molar-refractivity contribution in [2.45, 2.75) is 33.8 Å². The van der Waals surface area contributed by atoms with Crippen LogP contribution in [-0.2, 0) is 9.53 Å². The van der Waals surface area contributed by atoms with Gasteiger partial charge in [0.15, 0.2) is 6.10 Å². The van der Waals surface area contributed by atoms with Gasteiger partial charge in [-0.05, 0) is 51.0 Å². The topological polar surface area (TPSA) is 68.3 Å². The summed E-state index contributed by atoms with van der Waals surface area (Å²) in [6.45, 7) is 7.23. The first-order valence-corrected chi connectivity index (χ1v) is 8.81. The zero-order valence-corrected chi connectivity index (χ0v) is 15.9. The number of para-hydroxylation sites is 2. The van der Waals surface area contributed by atoms with Gasteiger partial charge < -0.3 is 10.1 Å². The summed E-state index contributed by atoms with van der Waals surface area (Å²) in [7, 11) is 0. The lowest BCUT2D eigenvalue weighted by Crippen LogP contribution is -2.30. The van der Waals surface area contributed by atoms with Crippen molar-refractivity contribution in [1.29, 1.82) is 0 Å². The summed E-state index contributed by atoms with van der Waals surface area (Å²) in [6, 6.07) is 14.8. The Hall–Kier alpha value is -3.21. The Bertz CT molecular complexity index is 1010. The number of amides is 1. The zero-order valence-electron chi connectivity index (χ0n) is 15.9. The second-order valence-electron chi connectivity index (χ2n) is 6.63. The number of benzene rings is 2. The van der Waals surface area contributed by atoms with Gasteiger partial charge in [0.2, 0.25) is 0 Å². The van der Waals surface area contributed by atoms with E-state index in [1.807, 2.05) is 63.2 Å². The summed E-state index contributed by atoms with van der Waals surface area (Å²) in [5.41, 5.74) is 4.50. The Kier molecular flexibility index (Phi) is 5.21. The molecule has 1 amide bonds. The number of rotatable bonds is 4. The molecule has 1 atom stereocenters. The van der Waals surface area contributed by atoms with Gasteiger partial charge in [0.25, 0.3) is 5.91 Å². The Balaban J connectivity index is 1.79. The van der Waals surface area contributed by atoms with Crippen LogP contribution in [0.2, 0.25) is 0 Å². The molecular weight excluding hydrogens is 340 g/mol. The minimum absolute atomic E-state index is 0.365. The van der Waals surface area contributed by atoms with Gasteiger partial charge in [-0.15, -0.1) is 0 Å². The fourth-order valence-electron chi connectivity index (χ4n) is 2.99. The van der Waals surface area contributed by atoms with Crippen molar-refractivity contribution < 1.29 is 14.3 Å². The highest BCUT2D eigenvalue weighted by Gasteiger charge is 2.22. The molecule has 0 aliphatic carbocycles. The lowest BCUT2D eigenvalue weighted by Gasteiger charge is -2.17. The normalized spacial score (nSPS) is 11.9. The maximum absolute atomic E-state index is 12.7. The predicted octanol–water partition coefficient (Wildman–Crippen LogP) is 4.34. The standard InChI is InChI=1S/C22H22N2O3/c1-13-8-7-9-14(2)20(13)24-21(25)16(4)27-22(26)18-12-15(3)23-19-11-6-5-10-17(18)19/h5-12,16H,1-4H3,(H,24,25)/t16-/m1/s1. The number of hydrogen-bond donors (Lipinski definition) is 1. The summed E-state index contributed by atoms with van der Waals surface area (Å²) in [6.07, 6.45) is -0.927. The zero-order chi connectivity index (χ0) is 19.6. The number of aryl methyl sites for hydroxylation is 3. The number of pyridine rings is 1. The van der Waals surface area contributed by atoms with Gasteiger partial charge in [-0.2, -0.15) is 0 Å². The summed E-state index contributed by atoms with van der Waals surface area (Å²) < 4.78 is 5.43. The molecule has 0 bridgehead atoms. The second-order valence-corrected chi connectivity index (χ2v) is 6.63. The third kappa shape index (κ3) is 3.97. The lowest BCUT2D eigenvalue weighted by molar-refractivity contribution is -0.123. The molecule has 27 heavy (non-hydrogen) atoms. The molecule has 0 saturated carbocycles. The second kappa shape index (κ2) is 7.58. The van der Waals surface area contributed by atoms with Crippen LogP contribution in [-0.4, -0.2) is 23.0 Å². The summed E-state index contributed by atoms with van der Waals surface area (Å²) in [4.78, 5) is 29.6. The fraction of sp³-hybridized carbons (Fsp3) is 0.227. The average Bonchev–Trinajstić information content (AvgIpc) is 2.63. The highest BCUT2D eigenvalue weighted by Crippen LogP contribution is 2.21. The number of carbonyl (C=O) groups excluding carboxylic acids is 2. The number of fused-ring (bicyclic) bond motifs is 1. The Morgan fingerprint density at radius 3 is 2.37 bits per heavy atom. The van der Waals surface area contributed by atoms with Crippen molar-refractivity contribution in [2.24, 2.45) is 0 Å². The van der Waals surface area contributed by atoms with Crippen LogP contribution in [0.4, 0.5) is 5.69 Å². The molecule has 2 aromatic carbocycles. The van der Waals surface area contributed by atoms with E-state index in [-0.39, 0.29) is 5.91 Å². The van der Waals surface area contributed by atoms with Crippen LogP contribution in [0, 0.1) is 20.8 Å². The van der Waals surface area contributed by atoms with E-state index in [2.05, 4.69) is 10.3 Å². The monoisotopic (exact) mass is 362 g/mol. The minimum atomic E-state index is -0.927. The molecule has 138 valence electrons. The maximum atomic E-state index is 12.7. The molecule has 3 rings (SSSR count). The lowest BCUT2D eigenvalue weighted by atomic mass is 10.1. The van der Waals surface area contributed by atoms with Crippen molar-refractivity contribution in [3.8, 4) is 0 Å². The highest BCUT2D eigenvalue weighted by molar-refractivity contribution is 6.05. The summed E-state index contributed by atoms with van der Waals surface area (Å²) in [5, 5.41) is 3.56. The molecule has 3 aromatic rings. The van der Waals surface area contributed by atoms with Gasteiger partial charge in [0.1, 0.15) is 0 Å². The predicted molar refractivity (Wildman–Crippen MR) is 106 cm³/mol. The van der Waals surface area contributed by atoms with E-state index in [4.69, 9.17) is 4.74 Å². The Labute approximate surface area is 158 Å². The van der Waals surface area contributed by atoms with Crippen molar-refractivity contribution in [3.63, 3.8) is 0 Å². The van der Waals surface area contributed by atoms with Crippen molar-refractivity contribution in [1.82, 2.24) is 4.98 Å². The van der Waals surface area contributed by atoms with Gasteiger partial charge >= 0.3 is 5.97 Å². The van der Waals surface area contributed by atoms with Crippen LogP contribution in [0.15, 0.2) is 48.5 Å². The largest absolute Gasteiger partial charge is 0.449 e. The molecule has 5 heteroatoms. The molecule has 1 heterocycles. The van der Waals surface area contributed by atoms with E-state index in [9.17, 15) is 9.59 Å². The molecule has 0 aliphatic rings. The van der Waals surface area contributed by atoms with Crippen LogP contribution < -0.4 is 5.32 Å². The number of hydrogen-bond acceptors (Lipinski definition) is 4. The summed E-state index contributed by atoms with van der Waals surface area (Å²) >= 11 is 0. The van der Waals surface area contributed by atoms with Crippen LogP contribution in [0.3, 0.4) is 0 Å². The third-order valence-corrected chi connectivity index (χ3v) is 4.45. The van der Waals surface area contributed by atoms with Gasteiger partial charge in [-0.3, -0.25) is 9.78 Å². The number of nitrogens with one attached hydrogen (secondary N) is 1. The van der Waals surface area contributed by atoms with E-state index in [1.165, 1.54) is 0 Å². The third-order valence-electron chi connectivity index (χ3n) is 4.45. The first-order valence-electron chi connectivity index (χ1n) is 8.81. The van der Waals surface area contributed by atoms with Gasteiger partial charge in [0, 0.05) is 16.8 Å². The number of ether oxygens (including phenoxy) is 1. The number of aromatic nitrogens is 1. The first-order chi connectivity index (χ1) is 12.9. The maximum Gasteiger partial charge on any atom is 0.339 e. The van der Waals surface area contributed by atoms with E-state index in [0.29, 0.717) is 16.6 Å². The molecule has 1 aromatic heterocycles. The van der Waals surface area contributed by atoms with E-state index >= 15 is 0 Å². The number of nitrogens with zero attached hydrogens (tertiary/aromatic N) is 1. The molecule has 0 aliphatic heterocycles. The minimum Gasteiger partial charge on any atom is -0.449 e. The van der Waals surface area contributed by atoms with Crippen LogP contribution in [0.1, 0.15) is 34.1 Å². The molecule has 5 nitrogen and oxygen atoms in total. The SMILES string of the molecule is Cc1cc(C(=O)O[C@H](C)C(=O)Nc2c(C)cccc2C)c2ccccc2n1. The van der Waals surface area contributed by atoms with Crippen molar-refractivity contribution in [3.05, 3.63) is 70.9 Å². The molecule has 0 saturated heterocycles. The Morgan fingerprint density at radius 1 is 1.00 bits per heavy atom. The molecule has 0 radical (unpaired) electrons. The van der Waals surface area contributed by atoms with Crippen LogP contribution in [0.25, 0.3) is 10.9 Å². The van der Waals surface area contributed by atoms with E-state index in [1.54, 1.807) is 13.0 Å². The molecule has 0 unspecified atom stereocenters. The smallest absolute Gasteiger partial charge is 0.339 e. The highest BCUT2D eigenvalue weighted by atomic mass is 16.5.